The van der Waals surface area contributed by atoms with Crippen molar-refractivity contribution in [3.63, 3.8) is 0 Å². The number of rotatable bonds is 4. The number of anilines is 1. The highest BCUT2D eigenvalue weighted by Gasteiger charge is 2.29. The van der Waals surface area contributed by atoms with Gasteiger partial charge in [-0.15, -0.1) is 0 Å². The number of ether oxygens (including phenoxy) is 1. The molecule has 0 aliphatic carbocycles. The minimum atomic E-state index is -0.736. The van der Waals surface area contributed by atoms with Crippen LogP contribution >= 0.6 is 0 Å². The maximum Gasteiger partial charge on any atom is 0.318 e. The Morgan fingerprint density at radius 3 is 2.44 bits per heavy atom. The third-order valence-electron chi connectivity index (χ3n) is 3.00. The van der Waals surface area contributed by atoms with Crippen LogP contribution in [-0.4, -0.2) is 26.0 Å². The zero-order valence-corrected chi connectivity index (χ0v) is 11.3. The number of hydrogen-bond acceptors (Lipinski definition) is 3. The molecule has 0 saturated heterocycles. The van der Waals surface area contributed by atoms with E-state index in [9.17, 15) is 9.59 Å². The quantitative estimate of drug-likeness (QED) is 0.607. The van der Waals surface area contributed by atoms with Gasteiger partial charge in [0.25, 0.3) is 0 Å². The summed E-state index contributed by atoms with van der Waals surface area (Å²) in [6.07, 6.45) is 0.432. The number of amides is 1. The molecule has 1 unspecified atom stereocenters. The average molecular weight is 249 g/mol. The minimum Gasteiger partial charge on any atom is -0.468 e. The van der Waals surface area contributed by atoms with Crippen molar-refractivity contribution in [2.24, 2.45) is 5.92 Å². The van der Waals surface area contributed by atoms with Crippen molar-refractivity contribution in [2.75, 3.05) is 19.1 Å². The first-order chi connectivity index (χ1) is 8.52. The lowest BCUT2D eigenvalue weighted by Crippen LogP contribution is -2.37. The standard InChI is InChI=1S/C14H19NO3/c1-5-11(14(17)18-4)13(16)15(3)12-9-7-6-8-10(12)2/h6-9,11H,5H2,1-4H3. The van der Waals surface area contributed by atoms with E-state index in [2.05, 4.69) is 4.74 Å². The van der Waals surface area contributed by atoms with E-state index in [1.165, 1.54) is 12.0 Å². The van der Waals surface area contributed by atoms with Gasteiger partial charge >= 0.3 is 5.97 Å². The van der Waals surface area contributed by atoms with Crippen LogP contribution in [0, 0.1) is 12.8 Å². The predicted molar refractivity (Wildman–Crippen MR) is 70.4 cm³/mol. The van der Waals surface area contributed by atoms with Gasteiger partial charge in [-0.05, 0) is 25.0 Å². The molecule has 4 heteroatoms. The van der Waals surface area contributed by atoms with E-state index in [4.69, 9.17) is 0 Å². The van der Waals surface area contributed by atoms with Crippen LogP contribution in [-0.2, 0) is 14.3 Å². The van der Waals surface area contributed by atoms with Crippen LogP contribution in [0.5, 0.6) is 0 Å². The van der Waals surface area contributed by atoms with Crippen LogP contribution in [0.3, 0.4) is 0 Å². The average Bonchev–Trinajstić information content (AvgIpc) is 2.38. The maximum atomic E-state index is 12.3. The number of para-hydroxylation sites is 1. The highest BCUT2D eigenvalue weighted by atomic mass is 16.5. The zero-order valence-electron chi connectivity index (χ0n) is 11.3. The zero-order chi connectivity index (χ0) is 13.7. The van der Waals surface area contributed by atoms with Crippen LogP contribution in [0.4, 0.5) is 5.69 Å². The molecule has 0 saturated carbocycles. The third kappa shape index (κ3) is 2.88. The molecule has 1 aromatic carbocycles. The van der Waals surface area contributed by atoms with E-state index in [0.717, 1.165) is 11.3 Å². The second-order valence-corrected chi connectivity index (χ2v) is 4.17. The fraction of sp³-hybridized carbons (Fsp3) is 0.429. The second-order valence-electron chi connectivity index (χ2n) is 4.17. The first-order valence-corrected chi connectivity index (χ1v) is 5.94. The van der Waals surface area contributed by atoms with Gasteiger partial charge in [0.1, 0.15) is 5.92 Å². The summed E-state index contributed by atoms with van der Waals surface area (Å²) in [4.78, 5) is 25.3. The third-order valence-corrected chi connectivity index (χ3v) is 3.00. The van der Waals surface area contributed by atoms with Gasteiger partial charge in [0, 0.05) is 12.7 Å². The molecule has 98 valence electrons. The van der Waals surface area contributed by atoms with Crippen molar-refractivity contribution < 1.29 is 14.3 Å². The summed E-state index contributed by atoms with van der Waals surface area (Å²) >= 11 is 0. The molecule has 0 bridgehead atoms. The van der Waals surface area contributed by atoms with Gasteiger partial charge in [0.2, 0.25) is 5.91 Å². The normalized spacial score (nSPS) is 11.8. The number of carbonyl (C=O) groups is 2. The summed E-state index contributed by atoms with van der Waals surface area (Å²) in [5, 5.41) is 0. The monoisotopic (exact) mass is 249 g/mol. The minimum absolute atomic E-state index is 0.237. The van der Waals surface area contributed by atoms with E-state index in [1.54, 1.807) is 14.0 Å². The van der Waals surface area contributed by atoms with Crippen molar-refractivity contribution >= 4 is 17.6 Å². The molecule has 0 fully saturated rings. The Balaban J connectivity index is 2.96. The fourth-order valence-corrected chi connectivity index (χ4v) is 1.88. The molecule has 1 rings (SSSR count). The number of hydrogen-bond donors (Lipinski definition) is 0. The van der Waals surface area contributed by atoms with Crippen molar-refractivity contribution in [2.45, 2.75) is 20.3 Å². The SMILES string of the molecule is CCC(C(=O)OC)C(=O)N(C)c1ccccc1C. The lowest BCUT2D eigenvalue weighted by atomic mass is 10.0. The molecule has 0 N–H and O–H groups in total. The summed E-state index contributed by atoms with van der Waals surface area (Å²) < 4.78 is 4.65. The number of nitrogens with zero attached hydrogens (tertiary/aromatic N) is 1. The Morgan fingerprint density at radius 2 is 1.94 bits per heavy atom. The molecule has 0 aromatic heterocycles. The molecule has 1 amide bonds. The van der Waals surface area contributed by atoms with Crippen LogP contribution in [0.25, 0.3) is 0 Å². The van der Waals surface area contributed by atoms with Crippen molar-refractivity contribution in [1.82, 2.24) is 0 Å². The second kappa shape index (κ2) is 6.19. The van der Waals surface area contributed by atoms with Crippen molar-refractivity contribution in [3.05, 3.63) is 29.8 Å². The van der Waals surface area contributed by atoms with E-state index < -0.39 is 11.9 Å². The van der Waals surface area contributed by atoms with E-state index in [0.29, 0.717) is 6.42 Å². The van der Waals surface area contributed by atoms with Crippen LogP contribution in [0.15, 0.2) is 24.3 Å². The van der Waals surface area contributed by atoms with Gasteiger partial charge in [-0.2, -0.15) is 0 Å². The van der Waals surface area contributed by atoms with Gasteiger partial charge in [-0.1, -0.05) is 25.1 Å². The smallest absolute Gasteiger partial charge is 0.318 e. The Bertz CT molecular complexity index is 442. The summed E-state index contributed by atoms with van der Waals surface area (Å²) in [7, 11) is 2.97. The largest absolute Gasteiger partial charge is 0.468 e. The highest BCUT2D eigenvalue weighted by Crippen LogP contribution is 2.21. The number of esters is 1. The molecule has 0 aliphatic rings. The first kappa shape index (κ1) is 14.2. The molecule has 4 nitrogen and oxygen atoms in total. The Kier molecular flexibility index (Phi) is 4.89. The Hall–Kier alpha value is -1.84. The number of carbonyl (C=O) groups excluding carboxylic acids is 2. The van der Waals surface area contributed by atoms with Crippen LogP contribution in [0.1, 0.15) is 18.9 Å². The van der Waals surface area contributed by atoms with E-state index >= 15 is 0 Å². The topological polar surface area (TPSA) is 46.6 Å². The highest BCUT2D eigenvalue weighted by molar-refractivity contribution is 6.06. The molecule has 0 heterocycles. The molecule has 18 heavy (non-hydrogen) atoms. The lowest BCUT2D eigenvalue weighted by molar-refractivity contribution is -0.149. The summed E-state index contributed by atoms with van der Waals surface area (Å²) in [6, 6.07) is 7.56. The van der Waals surface area contributed by atoms with Crippen LogP contribution < -0.4 is 4.90 Å². The van der Waals surface area contributed by atoms with Gasteiger partial charge < -0.3 is 9.64 Å². The molecule has 0 radical (unpaired) electrons. The van der Waals surface area contributed by atoms with Crippen molar-refractivity contribution in [3.8, 4) is 0 Å². The van der Waals surface area contributed by atoms with Crippen LogP contribution in [0.2, 0.25) is 0 Å². The number of aryl methyl sites for hydroxylation is 1. The van der Waals surface area contributed by atoms with Gasteiger partial charge in [0.15, 0.2) is 0 Å². The number of methoxy groups -OCH3 is 1. The van der Waals surface area contributed by atoms with E-state index in [1.807, 2.05) is 31.2 Å². The predicted octanol–water partition coefficient (Wildman–Crippen LogP) is 2.16. The Morgan fingerprint density at radius 1 is 1.33 bits per heavy atom. The molecule has 0 spiro atoms. The molecule has 0 aliphatic heterocycles. The van der Waals surface area contributed by atoms with Crippen molar-refractivity contribution in [1.29, 1.82) is 0 Å². The summed E-state index contributed by atoms with van der Waals surface area (Å²) in [5.74, 6) is -1.46. The first-order valence-electron chi connectivity index (χ1n) is 5.94. The molecular formula is C14H19NO3. The van der Waals surface area contributed by atoms with Gasteiger partial charge in [-0.3, -0.25) is 9.59 Å². The lowest BCUT2D eigenvalue weighted by Gasteiger charge is -2.23. The molecule has 1 atom stereocenters. The fourth-order valence-electron chi connectivity index (χ4n) is 1.88. The number of benzene rings is 1. The van der Waals surface area contributed by atoms with E-state index in [-0.39, 0.29) is 5.91 Å². The summed E-state index contributed by atoms with van der Waals surface area (Å²) in [6.45, 7) is 3.73. The van der Waals surface area contributed by atoms with Gasteiger partial charge in [-0.25, -0.2) is 0 Å². The van der Waals surface area contributed by atoms with Gasteiger partial charge in [0.05, 0.1) is 7.11 Å². The Labute approximate surface area is 108 Å². The molecule has 1 aromatic rings. The summed E-state index contributed by atoms with van der Waals surface area (Å²) in [5.41, 5.74) is 1.80. The maximum absolute atomic E-state index is 12.3. The molecular weight excluding hydrogens is 230 g/mol.